The summed E-state index contributed by atoms with van der Waals surface area (Å²) < 4.78 is 1.90. The third kappa shape index (κ3) is 2.95. The lowest BCUT2D eigenvalue weighted by Gasteiger charge is -2.30. The molecule has 0 amide bonds. The van der Waals surface area contributed by atoms with Crippen molar-refractivity contribution in [2.75, 3.05) is 5.88 Å². The van der Waals surface area contributed by atoms with Crippen molar-refractivity contribution in [3.8, 4) is 0 Å². The zero-order valence-corrected chi connectivity index (χ0v) is 11.1. The van der Waals surface area contributed by atoms with E-state index in [2.05, 4.69) is 36.2 Å². The Balaban J connectivity index is 2.62. The molecule has 1 heterocycles. The Morgan fingerprint density at radius 2 is 2.06 bits per heavy atom. The first kappa shape index (κ1) is 13.5. The fraction of sp³-hybridized carbons (Fsp3) is 0.818. The first-order valence-electron chi connectivity index (χ1n) is 5.89. The molecule has 0 aliphatic rings. The predicted molar refractivity (Wildman–Crippen MR) is 66.6 cm³/mol. The molecule has 0 saturated carbocycles. The van der Waals surface area contributed by atoms with Crippen molar-refractivity contribution in [2.24, 2.45) is 0 Å². The van der Waals surface area contributed by atoms with Crippen molar-refractivity contribution in [1.82, 2.24) is 20.1 Å². The van der Waals surface area contributed by atoms with Gasteiger partial charge in [0.2, 0.25) is 0 Å². The molecule has 0 aliphatic carbocycles. The van der Waals surface area contributed by atoms with Gasteiger partial charge in [-0.2, -0.15) is 5.10 Å². The van der Waals surface area contributed by atoms with E-state index >= 15 is 0 Å². The first-order chi connectivity index (χ1) is 7.71. The van der Waals surface area contributed by atoms with E-state index in [9.17, 15) is 0 Å². The summed E-state index contributed by atoms with van der Waals surface area (Å²) >= 11 is 6.03. The largest absolute Gasteiger partial charge is 0.303 e. The molecule has 0 spiro atoms. The summed E-state index contributed by atoms with van der Waals surface area (Å²) in [7, 11) is 0. The highest BCUT2D eigenvalue weighted by Crippen LogP contribution is 2.17. The smallest absolute Gasteiger partial charge is 0.140 e. The minimum atomic E-state index is 0.0199. The number of hydrogen-bond acceptors (Lipinski definition) is 3. The molecule has 0 atom stereocenters. The van der Waals surface area contributed by atoms with Crippen LogP contribution in [0.3, 0.4) is 0 Å². The van der Waals surface area contributed by atoms with E-state index < -0.39 is 0 Å². The number of aryl methyl sites for hydroxylation is 1. The molecular formula is C11H21ClN4. The molecule has 1 aromatic rings. The molecule has 0 bridgehead atoms. The zero-order valence-electron chi connectivity index (χ0n) is 10.3. The highest BCUT2D eigenvalue weighted by molar-refractivity contribution is 6.18. The van der Waals surface area contributed by atoms with Crippen molar-refractivity contribution in [1.29, 1.82) is 0 Å². The van der Waals surface area contributed by atoms with Crippen LogP contribution < -0.4 is 5.32 Å². The van der Waals surface area contributed by atoms with Crippen LogP contribution in [-0.4, -0.2) is 26.2 Å². The maximum atomic E-state index is 6.03. The second kappa shape index (κ2) is 6.21. The van der Waals surface area contributed by atoms with Gasteiger partial charge < -0.3 is 5.32 Å². The average molecular weight is 245 g/mol. The van der Waals surface area contributed by atoms with Gasteiger partial charge in [0, 0.05) is 18.0 Å². The normalized spacial score (nSPS) is 12.0. The van der Waals surface area contributed by atoms with Crippen LogP contribution in [-0.2, 0) is 13.1 Å². The van der Waals surface area contributed by atoms with Gasteiger partial charge in [0.25, 0.3) is 0 Å². The second-order valence-corrected chi connectivity index (χ2v) is 4.23. The van der Waals surface area contributed by atoms with E-state index in [1.165, 1.54) is 0 Å². The maximum absolute atomic E-state index is 6.03. The average Bonchev–Trinajstić information content (AvgIpc) is 2.79. The van der Waals surface area contributed by atoms with E-state index in [1.54, 1.807) is 6.33 Å². The Morgan fingerprint density at radius 1 is 1.38 bits per heavy atom. The van der Waals surface area contributed by atoms with Crippen LogP contribution in [0, 0.1) is 0 Å². The molecule has 0 saturated heterocycles. The summed E-state index contributed by atoms with van der Waals surface area (Å²) in [5, 5.41) is 7.65. The fourth-order valence-corrected chi connectivity index (χ4v) is 2.16. The summed E-state index contributed by atoms with van der Waals surface area (Å²) in [5.74, 6) is 1.60. The van der Waals surface area contributed by atoms with Crippen molar-refractivity contribution >= 4 is 11.6 Å². The van der Waals surface area contributed by atoms with Crippen molar-refractivity contribution in [3.05, 3.63) is 12.2 Å². The lowest BCUT2D eigenvalue weighted by molar-refractivity contribution is 0.327. The molecule has 1 N–H and O–H groups in total. The highest BCUT2D eigenvalue weighted by Gasteiger charge is 2.24. The summed E-state index contributed by atoms with van der Waals surface area (Å²) in [4.78, 5) is 4.24. The summed E-state index contributed by atoms with van der Waals surface area (Å²) in [6.45, 7) is 7.95. The molecule has 0 fully saturated rings. The van der Waals surface area contributed by atoms with Crippen molar-refractivity contribution in [2.45, 2.75) is 52.2 Å². The summed E-state index contributed by atoms with van der Waals surface area (Å²) in [6.07, 6.45) is 3.64. The molecule has 0 aliphatic heterocycles. The van der Waals surface area contributed by atoms with E-state index in [-0.39, 0.29) is 5.54 Å². The minimum absolute atomic E-state index is 0.0199. The number of aromatic nitrogens is 3. The van der Waals surface area contributed by atoms with Gasteiger partial charge in [-0.05, 0) is 19.8 Å². The predicted octanol–water partition coefficient (Wildman–Crippen LogP) is 2.19. The van der Waals surface area contributed by atoms with Crippen molar-refractivity contribution < 1.29 is 0 Å². The number of nitrogens with one attached hydrogen (secondary N) is 1. The minimum Gasteiger partial charge on any atom is -0.303 e. The molecule has 5 heteroatoms. The SMILES string of the molecule is CCn1ncnc1CNC(CC)(CC)CCl. The molecule has 0 aromatic carbocycles. The molecule has 1 aromatic heterocycles. The lowest BCUT2D eigenvalue weighted by atomic mass is 9.95. The molecular weight excluding hydrogens is 224 g/mol. The van der Waals surface area contributed by atoms with Gasteiger partial charge in [-0.25, -0.2) is 9.67 Å². The Hall–Kier alpha value is -0.610. The van der Waals surface area contributed by atoms with E-state index in [0.717, 1.165) is 31.8 Å². The number of alkyl halides is 1. The third-order valence-electron chi connectivity index (χ3n) is 3.23. The van der Waals surface area contributed by atoms with Gasteiger partial charge in [0.05, 0.1) is 6.54 Å². The fourth-order valence-electron chi connectivity index (χ4n) is 1.69. The number of nitrogens with zero attached hydrogens (tertiary/aromatic N) is 3. The van der Waals surface area contributed by atoms with Crippen LogP contribution in [0.4, 0.5) is 0 Å². The van der Waals surface area contributed by atoms with Crippen LogP contribution in [0.25, 0.3) is 0 Å². The number of halogens is 1. The van der Waals surface area contributed by atoms with Gasteiger partial charge in [-0.15, -0.1) is 11.6 Å². The zero-order chi connectivity index (χ0) is 12.0. The van der Waals surface area contributed by atoms with Gasteiger partial charge in [0.15, 0.2) is 0 Å². The summed E-state index contributed by atoms with van der Waals surface area (Å²) in [6, 6.07) is 0. The van der Waals surface area contributed by atoms with Crippen LogP contribution in [0.15, 0.2) is 6.33 Å². The van der Waals surface area contributed by atoms with E-state index in [1.807, 2.05) is 4.68 Å². The molecule has 0 unspecified atom stereocenters. The topological polar surface area (TPSA) is 42.7 Å². The number of rotatable bonds is 7. The number of hydrogen-bond donors (Lipinski definition) is 1. The Kier molecular flexibility index (Phi) is 5.22. The van der Waals surface area contributed by atoms with Gasteiger partial charge in [-0.3, -0.25) is 0 Å². The van der Waals surface area contributed by atoms with Gasteiger partial charge in [0.1, 0.15) is 12.2 Å². The van der Waals surface area contributed by atoms with Crippen LogP contribution in [0.2, 0.25) is 0 Å². The van der Waals surface area contributed by atoms with Crippen LogP contribution in [0.5, 0.6) is 0 Å². The van der Waals surface area contributed by atoms with E-state index in [4.69, 9.17) is 11.6 Å². The molecule has 1 rings (SSSR count). The monoisotopic (exact) mass is 244 g/mol. The Bertz CT molecular complexity index is 298. The standard InChI is InChI=1S/C11H21ClN4/c1-4-11(5-2,8-12)14-7-10-13-9-15-16(10)6-3/h9,14H,4-8H2,1-3H3. The quantitative estimate of drug-likeness (QED) is 0.748. The highest BCUT2D eigenvalue weighted by atomic mass is 35.5. The van der Waals surface area contributed by atoms with Crippen LogP contribution >= 0.6 is 11.6 Å². The molecule has 4 nitrogen and oxygen atoms in total. The molecule has 16 heavy (non-hydrogen) atoms. The third-order valence-corrected chi connectivity index (χ3v) is 3.74. The molecule has 0 radical (unpaired) electrons. The second-order valence-electron chi connectivity index (χ2n) is 3.97. The van der Waals surface area contributed by atoms with Gasteiger partial charge in [-0.1, -0.05) is 13.8 Å². The lowest BCUT2D eigenvalue weighted by Crippen LogP contribution is -2.45. The first-order valence-corrected chi connectivity index (χ1v) is 6.42. The Labute approximate surface area is 102 Å². The van der Waals surface area contributed by atoms with Gasteiger partial charge >= 0.3 is 0 Å². The summed E-state index contributed by atoms with van der Waals surface area (Å²) in [5.41, 5.74) is 0.0199. The van der Waals surface area contributed by atoms with Crippen LogP contribution in [0.1, 0.15) is 39.4 Å². The maximum Gasteiger partial charge on any atom is 0.140 e. The Morgan fingerprint density at radius 3 is 2.56 bits per heavy atom. The molecule has 92 valence electrons. The van der Waals surface area contributed by atoms with E-state index in [0.29, 0.717) is 5.88 Å². The van der Waals surface area contributed by atoms with Crippen molar-refractivity contribution in [3.63, 3.8) is 0 Å².